The van der Waals surface area contributed by atoms with Crippen molar-refractivity contribution < 1.29 is 63.5 Å². The third-order valence-corrected chi connectivity index (χ3v) is 10.6. The molecule has 0 spiro atoms. The van der Waals surface area contributed by atoms with Crippen LogP contribution in [0.4, 0.5) is 0 Å². The lowest BCUT2D eigenvalue weighted by Crippen LogP contribution is -2.61. The van der Waals surface area contributed by atoms with E-state index in [0.29, 0.717) is 11.3 Å². The van der Waals surface area contributed by atoms with E-state index in [-0.39, 0.29) is 19.8 Å². The normalized spacial score (nSPS) is 20.5. The molecule has 5 aromatic carbocycles. The molecule has 0 unspecified atom stereocenters. The Morgan fingerprint density at radius 1 is 0.649 bits per heavy atom. The predicted molar refractivity (Wildman–Crippen MR) is 207 cm³/mol. The molecule has 0 aliphatic carbocycles. The van der Waals surface area contributed by atoms with E-state index < -0.39 is 105 Å². The van der Waals surface area contributed by atoms with Crippen LogP contribution in [0.25, 0.3) is 11.1 Å². The van der Waals surface area contributed by atoms with E-state index in [0.717, 1.165) is 23.3 Å². The summed E-state index contributed by atoms with van der Waals surface area (Å²) in [5.41, 5.74) is -0.610. The third kappa shape index (κ3) is 8.44. The summed E-state index contributed by atoms with van der Waals surface area (Å²) in [5, 5.41) is 55.5. The number of hydrogen-bond acceptors (Lipinski definition) is 14. The van der Waals surface area contributed by atoms with Crippen molar-refractivity contribution in [3.63, 3.8) is 0 Å². The van der Waals surface area contributed by atoms with Crippen LogP contribution in [-0.4, -0.2) is 79.7 Å². The molecule has 1 saturated heterocycles. The molecule has 0 aromatic heterocycles. The highest BCUT2D eigenvalue weighted by Gasteiger charge is 2.51. The first kappa shape index (κ1) is 39.3. The second-order valence-corrected chi connectivity index (χ2v) is 14.7. The van der Waals surface area contributed by atoms with Crippen LogP contribution in [0.5, 0.6) is 34.5 Å². The molecule has 5 aromatic rings. The molecule has 57 heavy (non-hydrogen) atoms. The number of ether oxygens (including phenoxy) is 6. The summed E-state index contributed by atoms with van der Waals surface area (Å²) in [6.07, 6.45) is -4.37. The molecule has 5 N–H and O–H groups in total. The van der Waals surface area contributed by atoms with Crippen molar-refractivity contribution in [1.29, 1.82) is 0 Å². The molecule has 14 heteroatoms. The minimum Gasteiger partial charge on any atom is -0.504 e. The zero-order valence-electron chi connectivity index (χ0n) is 30.6. The summed E-state index contributed by atoms with van der Waals surface area (Å²) in [7, 11) is 0. The van der Waals surface area contributed by atoms with Gasteiger partial charge in [-0.1, -0.05) is 97.9 Å². The van der Waals surface area contributed by atoms with Crippen LogP contribution in [0, 0.1) is 0 Å². The van der Waals surface area contributed by atoms with E-state index in [1.54, 1.807) is 30.3 Å². The fourth-order valence-electron chi connectivity index (χ4n) is 6.76. The maximum Gasteiger partial charge on any atom is 0.339 e. The van der Waals surface area contributed by atoms with Crippen molar-refractivity contribution in [3.8, 4) is 45.6 Å². The summed E-state index contributed by atoms with van der Waals surface area (Å²) < 4.78 is 37.4. The SMILES string of the molecule is CCS[C@@H]1O[C@@H]2COC(=O)c3cc(O)c(O)c(O)c3-c3c(cc(O)c(OCc4ccccc4)c3O)C(=O)O[C@H]2[C@H](OCc2ccccc2)[C@H]1OCc1ccccc1. The minimum absolute atomic E-state index is 0.0684. The van der Waals surface area contributed by atoms with Gasteiger partial charge in [0.2, 0.25) is 11.5 Å². The molecule has 0 radical (unpaired) electrons. The van der Waals surface area contributed by atoms with Crippen LogP contribution >= 0.6 is 11.8 Å². The Labute approximate surface area is 331 Å². The number of carbonyl (C=O) groups is 2. The molecule has 0 bridgehead atoms. The molecular formula is C43H40O13S. The van der Waals surface area contributed by atoms with E-state index in [4.69, 9.17) is 28.4 Å². The Morgan fingerprint density at radius 3 is 1.77 bits per heavy atom. The number of hydrogen-bond donors (Lipinski definition) is 5. The fraction of sp³-hybridized carbons (Fsp3) is 0.256. The molecular weight excluding hydrogens is 757 g/mol. The Morgan fingerprint density at radius 2 is 1.18 bits per heavy atom. The Hall–Kier alpha value is -5.93. The lowest BCUT2D eigenvalue weighted by molar-refractivity contribution is -0.237. The maximum atomic E-state index is 14.6. The van der Waals surface area contributed by atoms with Gasteiger partial charge in [0, 0.05) is 11.1 Å². The van der Waals surface area contributed by atoms with E-state index in [1.807, 2.05) is 67.6 Å². The number of cyclic esters (lactones) is 1. The van der Waals surface area contributed by atoms with Crippen molar-refractivity contribution in [2.24, 2.45) is 0 Å². The largest absolute Gasteiger partial charge is 0.504 e. The first-order valence-electron chi connectivity index (χ1n) is 18.1. The smallest absolute Gasteiger partial charge is 0.339 e. The molecule has 0 saturated carbocycles. The molecule has 2 aliphatic heterocycles. The number of carbonyl (C=O) groups excluding carboxylic acids is 2. The van der Waals surface area contributed by atoms with E-state index in [9.17, 15) is 35.1 Å². The van der Waals surface area contributed by atoms with Gasteiger partial charge in [0.25, 0.3) is 0 Å². The van der Waals surface area contributed by atoms with Crippen LogP contribution < -0.4 is 4.74 Å². The van der Waals surface area contributed by atoms with Crippen LogP contribution in [-0.2, 0) is 43.5 Å². The average molecular weight is 797 g/mol. The fourth-order valence-corrected chi connectivity index (χ4v) is 7.73. The molecule has 296 valence electrons. The number of benzene rings is 5. The van der Waals surface area contributed by atoms with Crippen LogP contribution in [0.3, 0.4) is 0 Å². The van der Waals surface area contributed by atoms with Gasteiger partial charge in [0.1, 0.15) is 37.0 Å². The molecule has 5 atom stereocenters. The topological polar surface area (TPSA) is 191 Å². The van der Waals surface area contributed by atoms with Gasteiger partial charge in [-0.2, -0.15) is 0 Å². The summed E-state index contributed by atoms with van der Waals surface area (Å²) in [5.74, 6) is -6.77. The van der Waals surface area contributed by atoms with Gasteiger partial charge in [-0.25, -0.2) is 9.59 Å². The summed E-state index contributed by atoms with van der Waals surface area (Å²) in [4.78, 5) is 28.6. The van der Waals surface area contributed by atoms with Gasteiger partial charge in [-0.15, -0.1) is 11.8 Å². The van der Waals surface area contributed by atoms with E-state index >= 15 is 0 Å². The highest BCUT2D eigenvalue weighted by atomic mass is 32.2. The standard InChI is InChI=1S/C43H40O13S/c1-2-57-43-40(53-22-26-16-10-5-11-17-26)39(52-21-25-14-8-4-9-15-25)38-31(55-43)23-54-41(49)27-18-29(44)34(46)35(47)32(27)33-28(42(50)56-38)19-30(45)37(36(33)48)51-20-24-12-6-3-7-13-24/h3-19,31,38-40,43-48H,2,20-23H2,1H3/t31-,38-,39+,40-,43+/m1/s1. The second kappa shape index (κ2) is 17.5. The minimum atomic E-state index is -1.33. The predicted octanol–water partition coefficient (Wildman–Crippen LogP) is 6.81. The Bertz CT molecular complexity index is 2200. The first-order valence-corrected chi connectivity index (χ1v) is 19.2. The molecule has 2 heterocycles. The van der Waals surface area contributed by atoms with Gasteiger partial charge >= 0.3 is 11.9 Å². The van der Waals surface area contributed by atoms with E-state index in [2.05, 4.69) is 0 Å². The van der Waals surface area contributed by atoms with Crippen molar-refractivity contribution in [2.75, 3.05) is 12.4 Å². The van der Waals surface area contributed by atoms with Crippen LogP contribution in [0.2, 0.25) is 0 Å². The summed E-state index contributed by atoms with van der Waals surface area (Å²) in [6.45, 7) is 1.51. The number of thioether (sulfide) groups is 1. The molecule has 0 amide bonds. The number of rotatable bonds is 11. The number of esters is 2. The van der Waals surface area contributed by atoms with Crippen LogP contribution in [0.1, 0.15) is 44.3 Å². The van der Waals surface area contributed by atoms with Crippen molar-refractivity contribution in [3.05, 3.63) is 131 Å². The van der Waals surface area contributed by atoms with Crippen molar-refractivity contribution >= 4 is 23.7 Å². The zero-order valence-corrected chi connectivity index (χ0v) is 31.5. The highest BCUT2D eigenvalue weighted by molar-refractivity contribution is 7.99. The van der Waals surface area contributed by atoms with Gasteiger partial charge in [-0.05, 0) is 34.6 Å². The van der Waals surface area contributed by atoms with Gasteiger partial charge < -0.3 is 54.0 Å². The molecule has 7 rings (SSSR count). The lowest BCUT2D eigenvalue weighted by atomic mass is 9.91. The number of phenols is 5. The second-order valence-electron chi connectivity index (χ2n) is 13.3. The van der Waals surface area contributed by atoms with Crippen molar-refractivity contribution in [1.82, 2.24) is 0 Å². The highest BCUT2D eigenvalue weighted by Crippen LogP contribution is 2.53. The van der Waals surface area contributed by atoms with Gasteiger partial charge in [-0.3, -0.25) is 0 Å². The summed E-state index contributed by atoms with van der Waals surface area (Å²) >= 11 is 1.41. The Kier molecular flexibility index (Phi) is 12.0. The van der Waals surface area contributed by atoms with Gasteiger partial charge in [0.05, 0.1) is 24.3 Å². The van der Waals surface area contributed by atoms with Crippen molar-refractivity contribution in [2.45, 2.75) is 56.6 Å². The third-order valence-electron chi connectivity index (χ3n) is 9.52. The van der Waals surface area contributed by atoms with Gasteiger partial charge in [0.15, 0.2) is 29.1 Å². The molecule has 13 nitrogen and oxygen atoms in total. The molecule has 2 aliphatic rings. The zero-order chi connectivity index (χ0) is 40.1. The lowest BCUT2D eigenvalue weighted by Gasteiger charge is -2.45. The molecule has 1 fully saturated rings. The monoisotopic (exact) mass is 796 g/mol. The average Bonchev–Trinajstić information content (AvgIpc) is 3.23. The number of aromatic hydroxyl groups is 5. The maximum absolute atomic E-state index is 14.6. The van der Waals surface area contributed by atoms with E-state index in [1.165, 1.54) is 11.8 Å². The van der Waals surface area contributed by atoms with Crippen LogP contribution in [0.15, 0.2) is 103 Å². The summed E-state index contributed by atoms with van der Waals surface area (Å²) in [6, 6.07) is 29.3. The number of fused-ring (bicyclic) bond motifs is 4. The quantitative estimate of drug-likeness (QED) is 0.0692. The first-order chi connectivity index (χ1) is 27.6. The number of phenolic OH excluding ortho intramolecular Hbond substituents is 5. The Balaban J connectivity index is 1.35.